The van der Waals surface area contributed by atoms with Crippen molar-refractivity contribution >= 4 is 11.9 Å². The van der Waals surface area contributed by atoms with Gasteiger partial charge in [0.05, 0.1) is 18.6 Å². The second kappa shape index (κ2) is 8.86. The highest BCUT2D eigenvalue weighted by atomic mass is 19.4. The smallest absolute Gasteiger partial charge is 0.422 e. The van der Waals surface area contributed by atoms with Crippen LogP contribution in [0.3, 0.4) is 0 Å². The van der Waals surface area contributed by atoms with Gasteiger partial charge in [0.15, 0.2) is 6.61 Å². The van der Waals surface area contributed by atoms with Crippen LogP contribution in [-0.2, 0) is 9.53 Å². The molecule has 9 heteroatoms. The van der Waals surface area contributed by atoms with E-state index in [9.17, 15) is 22.8 Å². The number of carbonyl (C=O) groups is 2. The molecule has 0 radical (unpaired) electrons. The van der Waals surface area contributed by atoms with Gasteiger partial charge in [0.1, 0.15) is 0 Å². The van der Waals surface area contributed by atoms with E-state index in [0.29, 0.717) is 12.8 Å². The van der Waals surface area contributed by atoms with E-state index in [0.717, 1.165) is 25.5 Å². The molecule has 1 heterocycles. The molecule has 1 aromatic heterocycles. The van der Waals surface area contributed by atoms with Crippen LogP contribution in [0.2, 0.25) is 0 Å². The van der Waals surface area contributed by atoms with Gasteiger partial charge in [0, 0.05) is 18.3 Å². The van der Waals surface area contributed by atoms with E-state index < -0.39 is 24.6 Å². The molecule has 0 saturated heterocycles. The molecule has 1 N–H and O–H groups in total. The van der Waals surface area contributed by atoms with Crippen molar-refractivity contribution in [2.24, 2.45) is 5.92 Å². The summed E-state index contributed by atoms with van der Waals surface area (Å²) in [5.41, 5.74) is 0.178. The molecule has 2 rings (SSSR count). The molecule has 1 amide bonds. The third-order valence-electron chi connectivity index (χ3n) is 4.22. The molecule has 2 atom stereocenters. The monoisotopic (exact) mass is 374 g/mol. The number of aromatic nitrogens is 1. The van der Waals surface area contributed by atoms with Crippen molar-refractivity contribution < 1.29 is 32.2 Å². The summed E-state index contributed by atoms with van der Waals surface area (Å²) >= 11 is 0. The van der Waals surface area contributed by atoms with Gasteiger partial charge >= 0.3 is 12.1 Å². The maximum Gasteiger partial charge on any atom is 0.422 e. The number of hydrogen-bond acceptors (Lipinski definition) is 5. The zero-order valence-corrected chi connectivity index (χ0v) is 14.3. The van der Waals surface area contributed by atoms with Crippen LogP contribution in [0.25, 0.3) is 0 Å². The number of nitrogens with one attached hydrogen (secondary N) is 1. The number of carbonyl (C=O) groups excluding carboxylic acids is 2. The molecule has 0 aromatic carbocycles. The lowest BCUT2D eigenvalue weighted by molar-refractivity contribution is -0.154. The van der Waals surface area contributed by atoms with Crippen LogP contribution in [0.15, 0.2) is 18.3 Å². The van der Waals surface area contributed by atoms with Gasteiger partial charge in [-0.25, -0.2) is 4.98 Å². The number of esters is 1. The van der Waals surface area contributed by atoms with Gasteiger partial charge in [-0.3, -0.25) is 9.59 Å². The highest BCUT2D eigenvalue weighted by Gasteiger charge is 2.32. The molecular weight excluding hydrogens is 353 g/mol. The number of halogens is 3. The average Bonchev–Trinajstić information content (AvgIpc) is 2.84. The minimum atomic E-state index is -4.46. The number of methoxy groups -OCH3 is 1. The molecule has 1 aromatic rings. The van der Waals surface area contributed by atoms with Gasteiger partial charge in [0.2, 0.25) is 5.88 Å². The first kappa shape index (κ1) is 20.0. The number of pyridine rings is 1. The second-order valence-corrected chi connectivity index (χ2v) is 6.14. The van der Waals surface area contributed by atoms with Crippen molar-refractivity contribution in [1.82, 2.24) is 10.3 Å². The first-order chi connectivity index (χ1) is 12.3. The van der Waals surface area contributed by atoms with Gasteiger partial charge in [-0.2, -0.15) is 13.2 Å². The van der Waals surface area contributed by atoms with Crippen LogP contribution in [0.4, 0.5) is 13.2 Å². The third kappa shape index (κ3) is 5.89. The molecular formula is C17H21F3N2O4. The van der Waals surface area contributed by atoms with Gasteiger partial charge < -0.3 is 14.8 Å². The van der Waals surface area contributed by atoms with Crippen LogP contribution >= 0.6 is 0 Å². The zero-order chi connectivity index (χ0) is 19.2. The minimum Gasteiger partial charge on any atom is -0.469 e. The molecule has 144 valence electrons. The van der Waals surface area contributed by atoms with Crippen molar-refractivity contribution in [3.05, 3.63) is 23.9 Å². The maximum atomic E-state index is 12.4. The van der Waals surface area contributed by atoms with Crippen molar-refractivity contribution in [2.75, 3.05) is 13.7 Å². The molecule has 6 nitrogen and oxygen atoms in total. The summed E-state index contributed by atoms with van der Waals surface area (Å²) < 4.78 is 45.7. The van der Waals surface area contributed by atoms with E-state index in [-0.39, 0.29) is 23.5 Å². The molecule has 1 aliphatic carbocycles. The van der Waals surface area contributed by atoms with E-state index in [1.807, 2.05) is 0 Å². The van der Waals surface area contributed by atoms with E-state index in [2.05, 4.69) is 15.0 Å². The fraction of sp³-hybridized carbons (Fsp3) is 0.588. The van der Waals surface area contributed by atoms with E-state index in [1.54, 1.807) is 0 Å². The molecule has 0 bridgehead atoms. The Morgan fingerprint density at radius 2 is 1.96 bits per heavy atom. The molecule has 1 aliphatic rings. The van der Waals surface area contributed by atoms with Crippen molar-refractivity contribution in [2.45, 2.75) is 44.3 Å². The van der Waals surface area contributed by atoms with Gasteiger partial charge in [-0.05, 0) is 18.9 Å². The highest BCUT2D eigenvalue weighted by molar-refractivity contribution is 5.94. The van der Waals surface area contributed by atoms with Crippen LogP contribution < -0.4 is 10.1 Å². The number of alkyl halides is 3. The van der Waals surface area contributed by atoms with E-state index >= 15 is 0 Å². The summed E-state index contributed by atoms with van der Waals surface area (Å²) in [7, 11) is 1.32. The fourth-order valence-electron chi connectivity index (χ4n) is 2.92. The van der Waals surface area contributed by atoms with Gasteiger partial charge in [-0.1, -0.05) is 19.3 Å². The first-order valence-corrected chi connectivity index (χ1v) is 8.34. The summed E-state index contributed by atoms with van der Waals surface area (Å²) in [5.74, 6) is -1.43. The Morgan fingerprint density at radius 1 is 1.23 bits per heavy atom. The van der Waals surface area contributed by atoms with Gasteiger partial charge in [0.25, 0.3) is 5.91 Å². The predicted octanol–water partition coefficient (Wildman–Crippen LogP) is 2.87. The molecule has 0 spiro atoms. The summed E-state index contributed by atoms with van der Waals surface area (Å²) in [6.07, 6.45) is 0.739. The Labute approximate surface area is 149 Å². The molecule has 1 saturated carbocycles. The number of hydrogen-bond donors (Lipinski definition) is 1. The molecule has 2 unspecified atom stereocenters. The molecule has 0 aliphatic heterocycles. The Balaban J connectivity index is 2.00. The zero-order valence-electron chi connectivity index (χ0n) is 14.3. The van der Waals surface area contributed by atoms with Gasteiger partial charge in [-0.15, -0.1) is 0 Å². The summed E-state index contributed by atoms with van der Waals surface area (Å²) in [4.78, 5) is 28.0. The number of amides is 1. The van der Waals surface area contributed by atoms with Crippen LogP contribution in [0.1, 0.15) is 42.5 Å². The Kier molecular flexibility index (Phi) is 6.82. The molecule has 1 fully saturated rings. The third-order valence-corrected chi connectivity index (χ3v) is 4.22. The summed E-state index contributed by atoms with van der Waals surface area (Å²) in [5, 5.41) is 2.82. The number of rotatable bonds is 5. The number of ether oxygens (including phenoxy) is 2. The average molecular weight is 374 g/mol. The van der Waals surface area contributed by atoms with Crippen molar-refractivity contribution in [3.63, 3.8) is 0 Å². The first-order valence-electron chi connectivity index (χ1n) is 8.34. The topological polar surface area (TPSA) is 77.5 Å². The predicted molar refractivity (Wildman–Crippen MR) is 85.6 cm³/mol. The Bertz CT molecular complexity index is 619. The van der Waals surface area contributed by atoms with Crippen LogP contribution in [0, 0.1) is 5.92 Å². The standard InChI is InChI=1S/C17H21F3N2O4/c1-25-16(24)12-5-3-2-4-6-13(12)22-15(23)11-7-8-14(21-9-11)26-10-17(18,19)20/h7-9,12-13H,2-6,10H2,1H3,(H,22,23). The fourth-order valence-corrected chi connectivity index (χ4v) is 2.92. The summed E-state index contributed by atoms with van der Waals surface area (Å²) in [6, 6.07) is 2.18. The van der Waals surface area contributed by atoms with E-state index in [1.165, 1.54) is 19.2 Å². The normalized spacial score (nSPS) is 20.8. The summed E-state index contributed by atoms with van der Waals surface area (Å²) in [6.45, 7) is -1.45. The quantitative estimate of drug-likeness (QED) is 0.633. The Morgan fingerprint density at radius 3 is 2.58 bits per heavy atom. The van der Waals surface area contributed by atoms with Crippen molar-refractivity contribution in [3.8, 4) is 5.88 Å². The largest absolute Gasteiger partial charge is 0.469 e. The maximum absolute atomic E-state index is 12.4. The van der Waals surface area contributed by atoms with E-state index in [4.69, 9.17) is 4.74 Å². The van der Waals surface area contributed by atoms with Crippen LogP contribution in [0.5, 0.6) is 5.88 Å². The lowest BCUT2D eigenvalue weighted by atomic mass is 9.94. The van der Waals surface area contributed by atoms with Crippen molar-refractivity contribution in [1.29, 1.82) is 0 Å². The highest BCUT2D eigenvalue weighted by Crippen LogP contribution is 2.25. The Hall–Kier alpha value is -2.32. The lowest BCUT2D eigenvalue weighted by Crippen LogP contribution is -2.43. The molecule has 26 heavy (non-hydrogen) atoms. The second-order valence-electron chi connectivity index (χ2n) is 6.14. The van der Waals surface area contributed by atoms with Crippen LogP contribution in [-0.4, -0.2) is 42.8 Å². The SMILES string of the molecule is COC(=O)C1CCCCCC1NC(=O)c1ccc(OCC(F)(F)F)nc1. The lowest BCUT2D eigenvalue weighted by Gasteiger charge is -2.24. The minimum absolute atomic E-state index is 0.178. The number of nitrogens with zero attached hydrogens (tertiary/aromatic N) is 1.